The number of benzene rings is 1. The summed E-state index contributed by atoms with van der Waals surface area (Å²) in [5.74, 6) is -0.832. The molecule has 0 bridgehead atoms. The Morgan fingerprint density at radius 1 is 1.03 bits per heavy atom. The van der Waals surface area contributed by atoms with E-state index in [1.807, 2.05) is 0 Å². The fourth-order valence-electron chi connectivity index (χ4n) is 3.33. The van der Waals surface area contributed by atoms with E-state index < -0.39 is 23.5 Å². The number of carbonyl (C=O) groups is 2. The van der Waals surface area contributed by atoms with Crippen LogP contribution in [0.1, 0.15) is 22.4 Å². The maximum absolute atomic E-state index is 13.0. The summed E-state index contributed by atoms with van der Waals surface area (Å²) >= 11 is 0. The SMILES string of the molecule is COc1ccc(N2C(=O)C(O)=C(C(=O)c3ccco3)C2c2ccco2)cc1OC. The molecule has 1 N–H and O–H groups in total. The third-order valence-corrected chi connectivity index (χ3v) is 4.66. The maximum atomic E-state index is 13.0. The number of rotatable bonds is 6. The minimum atomic E-state index is -0.979. The smallest absolute Gasteiger partial charge is 0.294 e. The Bertz CT molecular complexity index is 1080. The van der Waals surface area contributed by atoms with Crippen LogP contribution in [-0.4, -0.2) is 31.0 Å². The van der Waals surface area contributed by atoms with Crippen LogP contribution in [-0.2, 0) is 4.79 Å². The number of Topliss-reactive ketones (excluding diaryl/α,β-unsaturated/α-hetero) is 1. The lowest BCUT2D eigenvalue weighted by Gasteiger charge is -2.25. The van der Waals surface area contributed by atoms with Crippen LogP contribution in [0.5, 0.6) is 11.5 Å². The number of nitrogens with zero attached hydrogens (tertiary/aromatic N) is 1. The molecule has 1 unspecified atom stereocenters. The first kappa shape index (κ1) is 18.4. The molecule has 4 rings (SSSR count). The second-order valence-corrected chi connectivity index (χ2v) is 6.20. The average Bonchev–Trinajstić information content (AvgIpc) is 3.49. The van der Waals surface area contributed by atoms with Crippen LogP contribution < -0.4 is 14.4 Å². The van der Waals surface area contributed by atoms with Gasteiger partial charge < -0.3 is 23.4 Å². The Kier molecular flexibility index (Phi) is 4.59. The second kappa shape index (κ2) is 7.23. The summed E-state index contributed by atoms with van der Waals surface area (Å²) < 4.78 is 21.2. The number of aliphatic hydroxyl groups excluding tert-OH is 1. The lowest BCUT2D eigenvalue weighted by Crippen LogP contribution is -2.30. The average molecular weight is 395 g/mol. The second-order valence-electron chi connectivity index (χ2n) is 6.20. The third-order valence-electron chi connectivity index (χ3n) is 4.66. The van der Waals surface area contributed by atoms with Gasteiger partial charge in [-0.15, -0.1) is 0 Å². The molecule has 0 fully saturated rings. The van der Waals surface area contributed by atoms with Crippen molar-refractivity contribution in [2.75, 3.05) is 19.1 Å². The van der Waals surface area contributed by atoms with E-state index in [1.165, 1.54) is 37.7 Å². The van der Waals surface area contributed by atoms with Crippen molar-refractivity contribution >= 4 is 17.4 Å². The van der Waals surface area contributed by atoms with E-state index in [4.69, 9.17) is 18.3 Å². The van der Waals surface area contributed by atoms with E-state index in [1.54, 1.807) is 36.4 Å². The normalized spacial score (nSPS) is 16.4. The van der Waals surface area contributed by atoms with Crippen LogP contribution in [0.25, 0.3) is 0 Å². The van der Waals surface area contributed by atoms with Crippen LogP contribution >= 0.6 is 0 Å². The lowest BCUT2D eigenvalue weighted by atomic mass is 9.99. The van der Waals surface area contributed by atoms with Gasteiger partial charge in [0.15, 0.2) is 23.0 Å². The number of aliphatic hydroxyl groups is 1. The first-order chi connectivity index (χ1) is 14.1. The third kappa shape index (κ3) is 2.94. The number of hydrogen-bond acceptors (Lipinski definition) is 7. The quantitative estimate of drug-likeness (QED) is 0.635. The fourth-order valence-corrected chi connectivity index (χ4v) is 3.33. The molecule has 0 aliphatic carbocycles. The van der Waals surface area contributed by atoms with Gasteiger partial charge in [-0.2, -0.15) is 0 Å². The van der Waals surface area contributed by atoms with Crippen molar-refractivity contribution in [3.8, 4) is 11.5 Å². The summed E-state index contributed by atoms with van der Waals surface area (Å²) in [6.07, 6.45) is 2.77. The van der Waals surface area contributed by atoms with Gasteiger partial charge in [-0.1, -0.05) is 0 Å². The van der Waals surface area contributed by atoms with Gasteiger partial charge in [-0.25, -0.2) is 0 Å². The van der Waals surface area contributed by atoms with Crippen LogP contribution in [0, 0.1) is 0 Å². The molecule has 1 aliphatic heterocycles. The molecule has 0 spiro atoms. The summed E-state index contributed by atoms with van der Waals surface area (Å²) in [6.45, 7) is 0. The molecule has 8 nitrogen and oxygen atoms in total. The molecule has 1 atom stereocenters. The number of methoxy groups -OCH3 is 2. The highest BCUT2D eigenvalue weighted by atomic mass is 16.5. The van der Waals surface area contributed by atoms with Gasteiger partial charge in [0.2, 0.25) is 5.78 Å². The molecule has 0 saturated carbocycles. The Morgan fingerprint density at radius 3 is 2.38 bits per heavy atom. The molecular weight excluding hydrogens is 378 g/mol. The Labute approximate surface area is 165 Å². The molecule has 3 aromatic rings. The summed E-state index contributed by atoms with van der Waals surface area (Å²) in [5, 5.41) is 10.6. The molecule has 1 aromatic carbocycles. The highest BCUT2D eigenvalue weighted by Crippen LogP contribution is 2.44. The van der Waals surface area contributed by atoms with Crippen molar-refractivity contribution in [1.29, 1.82) is 0 Å². The zero-order valence-electron chi connectivity index (χ0n) is 15.6. The largest absolute Gasteiger partial charge is 0.503 e. The number of carbonyl (C=O) groups excluding carboxylic acids is 2. The van der Waals surface area contributed by atoms with Gasteiger partial charge in [0, 0.05) is 11.8 Å². The van der Waals surface area contributed by atoms with Gasteiger partial charge in [0.1, 0.15) is 11.8 Å². The topological polar surface area (TPSA) is 102 Å². The molecule has 2 aromatic heterocycles. The van der Waals surface area contributed by atoms with Crippen molar-refractivity contribution in [1.82, 2.24) is 0 Å². The van der Waals surface area contributed by atoms with Crippen LogP contribution in [0.2, 0.25) is 0 Å². The number of hydrogen-bond donors (Lipinski definition) is 1. The number of ketones is 1. The van der Waals surface area contributed by atoms with Crippen LogP contribution in [0.15, 0.2) is 75.2 Å². The molecule has 0 radical (unpaired) electrons. The van der Waals surface area contributed by atoms with E-state index in [0.29, 0.717) is 22.9 Å². The van der Waals surface area contributed by atoms with Crippen molar-refractivity contribution in [3.05, 3.63) is 77.8 Å². The molecule has 1 amide bonds. The van der Waals surface area contributed by atoms with E-state index in [2.05, 4.69) is 0 Å². The van der Waals surface area contributed by atoms with Gasteiger partial charge in [0.25, 0.3) is 5.91 Å². The highest BCUT2D eigenvalue weighted by Gasteiger charge is 2.46. The number of amides is 1. The molecule has 148 valence electrons. The number of ether oxygens (including phenoxy) is 2. The Hall–Kier alpha value is -3.94. The molecule has 29 heavy (non-hydrogen) atoms. The first-order valence-corrected chi connectivity index (χ1v) is 8.67. The van der Waals surface area contributed by atoms with Crippen LogP contribution in [0.4, 0.5) is 5.69 Å². The van der Waals surface area contributed by atoms with Crippen molar-refractivity contribution in [2.24, 2.45) is 0 Å². The molecule has 3 heterocycles. The van der Waals surface area contributed by atoms with E-state index in [9.17, 15) is 14.7 Å². The summed E-state index contributed by atoms with van der Waals surface area (Å²) in [7, 11) is 2.97. The van der Waals surface area contributed by atoms with Crippen molar-refractivity contribution < 1.29 is 33.0 Å². The Morgan fingerprint density at radius 2 is 1.76 bits per heavy atom. The van der Waals surface area contributed by atoms with E-state index in [0.717, 1.165) is 0 Å². The summed E-state index contributed by atoms with van der Waals surface area (Å²) in [6, 6.07) is 10.1. The monoisotopic (exact) mass is 395 g/mol. The predicted molar refractivity (Wildman–Crippen MR) is 101 cm³/mol. The molecule has 0 saturated heterocycles. The first-order valence-electron chi connectivity index (χ1n) is 8.67. The number of furan rings is 2. The summed E-state index contributed by atoms with van der Waals surface area (Å²) in [5.41, 5.74) is 0.262. The van der Waals surface area contributed by atoms with Crippen molar-refractivity contribution in [3.63, 3.8) is 0 Å². The zero-order valence-corrected chi connectivity index (χ0v) is 15.6. The maximum Gasteiger partial charge on any atom is 0.294 e. The lowest BCUT2D eigenvalue weighted by molar-refractivity contribution is -0.117. The van der Waals surface area contributed by atoms with Gasteiger partial charge in [-0.3, -0.25) is 14.5 Å². The van der Waals surface area contributed by atoms with E-state index in [-0.39, 0.29) is 11.3 Å². The fraction of sp³-hybridized carbons (Fsp3) is 0.143. The zero-order chi connectivity index (χ0) is 20.5. The highest BCUT2D eigenvalue weighted by molar-refractivity contribution is 6.20. The van der Waals surface area contributed by atoms with Crippen LogP contribution in [0.3, 0.4) is 0 Å². The summed E-state index contributed by atoms with van der Waals surface area (Å²) in [4.78, 5) is 27.2. The standard InChI is InChI=1S/C21H17NO7/c1-26-13-8-7-12(11-16(13)27-2)22-18(14-5-3-9-28-14)17(20(24)21(22)25)19(23)15-6-4-10-29-15/h3-11,18,24H,1-2H3. The molecule has 1 aliphatic rings. The van der Waals surface area contributed by atoms with E-state index >= 15 is 0 Å². The van der Waals surface area contributed by atoms with Crippen molar-refractivity contribution in [2.45, 2.75) is 6.04 Å². The van der Waals surface area contributed by atoms with Gasteiger partial charge >= 0.3 is 0 Å². The minimum Gasteiger partial charge on any atom is -0.503 e. The van der Waals surface area contributed by atoms with Gasteiger partial charge in [0.05, 0.1) is 32.3 Å². The van der Waals surface area contributed by atoms with Gasteiger partial charge in [-0.05, 0) is 36.4 Å². The molecule has 8 heteroatoms. The Balaban J connectivity index is 1.85. The predicted octanol–water partition coefficient (Wildman–Crippen LogP) is 3.67. The number of anilines is 1. The minimum absolute atomic E-state index is 0.00469. The molecular formula is C21H17NO7.